The van der Waals surface area contributed by atoms with E-state index in [4.69, 9.17) is 16.0 Å². The average molecular weight is 315 g/mol. The summed E-state index contributed by atoms with van der Waals surface area (Å²) >= 11 is 6.02. The van der Waals surface area contributed by atoms with Crippen LogP contribution in [-0.4, -0.2) is 9.97 Å². The van der Waals surface area contributed by atoms with E-state index in [0.717, 1.165) is 17.0 Å². The molecule has 0 amide bonds. The van der Waals surface area contributed by atoms with Crippen molar-refractivity contribution in [1.82, 2.24) is 9.97 Å². The molecule has 1 aromatic carbocycles. The Kier molecular flexibility index (Phi) is 4.25. The highest BCUT2D eigenvalue weighted by atomic mass is 35.5. The number of benzene rings is 1. The predicted octanol–water partition coefficient (Wildman–Crippen LogP) is 4.39. The van der Waals surface area contributed by atoms with Gasteiger partial charge in [-0.05, 0) is 42.8 Å². The summed E-state index contributed by atoms with van der Waals surface area (Å²) in [6.07, 6.45) is 3.34. The molecular weight excluding hydrogens is 300 g/mol. The first-order valence-electron chi connectivity index (χ1n) is 6.83. The first-order chi connectivity index (χ1) is 10.7. The highest BCUT2D eigenvalue weighted by molar-refractivity contribution is 6.30. The molecule has 0 aliphatic heterocycles. The maximum atomic E-state index is 6.02. The molecule has 0 bridgehead atoms. The van der Waals surface area contributed by atoms with Gasteiger partial charge in [0.05, 0.1) is 12.8 Å². The van der Waals surface area contributed by atoms with Gasteiger partial charge in [0.15, 0.2) is 0 Å². The van der Waals surface area contributed by atoms with Gasteiger partial charge in [0.25, 0.3) is 0 Å². The molecule has 5 nitrogen and oxygen atoms in total. The normalized spacial score (nSPS) is 10.5. The van der Waals surface area contributed by atoms with Crippen molar-refractivity contribution >= 4 is 29.1 Å². The minimum absolute atomic E-state index is 0.509. The third-order valence-corrected chi connectivity index (χ3v) is 3.36. The molecule has 0 atom stereocenters. The van der Waals surface area contributed by atoms with Crippen LogP contribution in [0, 0.1) is 6.92 Å². The number of hydrogen-bond acceptors (Lipinski definition) is 5. The van der Waals surface area contributed by atoms with Crippen LogP contribution in [0.1, 0.15) is 11.3 Å². The van der Waals surface area contributed by atoms with Crippen LogP contribution in [0.2, 0.25) is 5.02 Å². The highest BCUT2D eigenvalue weighted by Crippen LogP contribution is 2.23. The standard InChI is InChI=1S/C16H15ClN4O/c1-11-4-5-12(17)9-14(11)20-16-18-7-6-15(21-16)19-10-13-3-2-8-22-13/h2-9H,10H2,1H3,(H2,18,19,20,21). The molecule has 0 unspecified atom stereocenters. The minimum atomic E-state index is 0.509. The molecule has 3 aromatic rings. The lowest BCUT2D eigenvalue weighted by molar-refractivity contribution is 0.518. The summed E-state index contributed by atoms with van der Waals surface area (Å²) in [7, 11) is 0. The maximum Gasteiger partial charge on any atom is 0.229 e. The molecule has 112 valence electrons. The van der Waals surface area contributed by atoms with Crippen molar-refractivity contribution in [3.63, 3.8) is 0 Å². The Bertz CT molecular complexity index is 759. The molecule has 0 fully saturated rings. The molecule has 6 heteroatoms. The maximum absolute atomic E-state index is 6.02. The monoisotopic (exact) mass is 314 g/mol. The Morgan fingerprint density at radius 3 is 2.95 bits per heavy atom. The number of anilines is 3. The molecule has 0 saturated carbocycles. The van der Waals surface area contributed by atoms with Gasteiger partial charge in [-0.15, -0.1) is 0 Å². The zero-order valence-electron chi connectivity index (χ0n) is 12.0. The number of nitrogens with one attached hydrogen (secondary N) is 2. The fourth-order valence-corrected chi connectivity index (χ4v) is 2.13. The summed E-state index contributed by atoms with van der Waals surface area (Å²) in [6.45, 7) is 2.57. The molecule has 0 saturated heterocycles. The summed E-state index contributed by atoms with van der Waals surface area (Å²) in [6, 6.07) is 11.2. The van der Waals surface area contributed by atoms with Gasteiger partial charge in [-0.2, -0.15) is 4.98 Å². The molecule has 2 aromatic heterocycles. The molecule has 0 spiro atoms. The zero-order valence-corrected chi connectivity index (χ0v) is 12.8. The predicted molar refractivity (Wildman–Crippen MR) is 87.5 cm³/mol. The van der Waals surface area contributed by atoms with Crippen LogP contribution in [0.15, 0.2) is 53.3 Å². The smallest absolute Gasteiger partial charge is 0.229 e. The first kappa shape index (κ1) is 14.4. The Balaban J connectivity index is 1.72. The van der Waals surface area contributed by atoms with E-state index in [2.05, 4.69) is 20.6 Å². The van der Waals surface area contributed by atoms with Crippen molar-refractivity contribution in [2.45, 2.75) is 13.5 Å². The van der Waals surface area contributed by atoms with E-state index in [9.17, 15) is 0 Å². The zero-order chi connectivity index (χ0) is 15.4. The van der Waals surface area contributed by atoms with Crippen LogP contribution in [0.3, 0.4) is 0 Å². The molecular formula is C16H15ClN4O. The summed E-state index contributed by atoms with van der Waals surface area (Å²) in [5, 5.41) is 7.03. The molecule has 0 aliphatic rings. The Morgan fingerprint density at radius 2 is 2.14 bits per heavy atom. The van der Waals surface area contributed by atoms with Crippen molar-refractivity contribution in [2.75, 3.05) is 10.6 Å². The number of aromatic nitrogens is 2. The molecule has 2 N–H and O–H groups in total. The lowest BCUT2D eigenvalue weighted by atomic mass is 10.2. The van der Waals surface area contributed by atoms with Crippen LogP contribution in [0.4, 0.5) is 17.5 Å². The van der Waals surface area contributed by atoms with Crippen molar-refractivity contribution in [3.05, 3.63) is 65.2 Å². The molecule has 2 heterocycles. The van der Waals surface area contributed by atoms with Gasteiger partial charge in [0, 0.05) is 16.9 Å². The number of halogens is 1. The van der Waals surface area contributed by atoms with E-state index < -0.39 is 0 Å². The largest absolute Gasteiger partial charge is 0.467 e. The quantitative estimate of drug-likeness (QED) is 0.731. The number of furan rings is 1. The van der Waals surface area contributed by atoms with E-state index in [1.807, 2.05) is 37.3 Å². The number of aryl methyl sites for hydroxylation is 1. The third-order valence-electron chi connectivity index (χ3n) is 3.13. The Hall–Kier alpha value is -2.53. The number of hydrogen-bond donors (Lipinski definition) is 2. The molecule has 22 heavy (non-hydrogen) atoms. The lowest BCUT2D eigenvalue weighted by Crippen LogP contribution is -2.04. The summed E-state index contributed by atoms with van der Waals surface area (Å²) < 4.78 is 5.27. The molecule has 3 rings (SSSR count). The Morgan fingerprint density at radius 1 is 1.23 bits per heavy atom. The van der Waals surface area contributed by atoms with Crippen LogP contribution in [-0.2, 0) is 6.54 Å². The summed E-state index contributed by atoms with van der Waals surface area (Å²) in [5.74, 6) is 2.07. The third kappa shape index (κ3) is 3.56. The van der Waals surface area contributed by atoms with Crippen molar-refractivity contribution in [1.29, 1.82) is 0 Å². The highest BCUT2D eigenvalue weighted by Gasteiger charge is 2.04. The van der Waals surface area contributed by atoms with Gasteiger partial charge in [-0.3, -0.25) is 0 Å². The fraction of sp³-hybridized carbons (Fsp3) is 0.125. The second-order valence-corrected chi connectivity index (χ2v) is 5.22. The lowest BCUT2D eigenvalue weighted by Gasteiger charge is -2.10. The van der Waals surface area contributed by atoms with Crippen LogP contribution >= 0.6 is 11.6 Å². The second-order valence-electron chi connectivity index (χ2n) is 4.78. The second kappa shape index (κ2) is 6.49. The van der Waals surface area contributed by atoms with Crippen LogP contribution in [0.5, 0.6) is 0 Å². The van der Waals surface area contributed by atoms with Crippen LogP contribution in [0.25, 0.3) is 0 Å². The van der Waals surface area contributed by atoms with Gasteiger partial charge in [-0.1, -0.05) is 17.7 Å². The number of nitrogens with zero attached hydrogens (tertiary/aromatic N) is 2. The van der Waals surface area contributed by atoms with Gasteiger partial charge in [-0.25, -0.2) is 4.98 Å². The van der Waals surface area contributed by atoms with E-state index in [1.165, 1.54) is 0 Å². The van der Waals surface area contributed by atoms with E-state index in [-0.39, 0.29) is 0 Å². The van der Waals surface area contributed by atoms with Gasteiger partial charge >= 0.3 is 0 Å². The topological polar surface area (TPSA) is 63.0 Å². The Labute approximate surface area is 133 Å². The summed E-state index contributed by atoms with van der Waals surface area (Å²) in [4.78, 5) is 8.64. The van der Waals surface area contributed by atoms with Gasteiger partial charge in [0.2, 0.25) is 5.95 Å². The summed E-state index contributed by atoms with van der Waals surface area (Å²) in [5.41, 5.74) is 1.96. The fourth-order valence-electron chi connectivity index (χ4n) is 1.96. The van der Waals surface area contributed by atoms with Crippen LogP contribution < -0.4 is 10.6 Å². The average Bonchev–Trinajstić information content (AvgIpc) is 3.03. The van der Waals surface area contributed by atoms with E-state index in [1.54, 1.807) is 18.5 Å². The van der Waals surface area contributed by atoms with Gasteiger partial charge < -0.3 is 15.1 Å². The van der Waals surface area contributed by atoms with Gasteiger partial charge in [0.1, 0.15) is 11.6 Å². The van der Waals surface area contributed by atoms with E-state index >= 15 is 0 Å². The number of rotatable bonds is 5. The van der Waals surface area contributed by atoms with Crippen molar-refractivity contribution in [3.8, 4) is 0 Å². The van der Waals surface area contributed by atoms with Crippen molar-refractivity contribution in [2.24, 2.45) is 0 Å². The van der Waals surface area contributed by atoms with E-state index in [0.29, 0.717) is 23.3 Å². The first-order valence-corrected chi connectivity index (χ1v) is 7.21. The molecule has 0 aliphatic carbocycles. The van der Waals surface area contributed by atoms with Crippen molar-refractivity contribution < 1.29 is 4.42 Å². The SMILES string of the molecule is Cc1ccc(Cl)cc1Nc1nccc(NCc2ccco2)n1. The molecule has 0 radical (unpaired) electrons. The minimum Gasteiger partial charge on any atom is -0.467 e.